The molecule has 29 heavy (non-hydrogen) atoms. The minimum Gasteiger partial charge on any atom is -0.493 e. The zero-order valence-corrected chi connectivity index (χ0v) is 17.6. The Kier molecular flexibility index (Phi) is 6.70. The minimum absolute atomic E-state index is 0.0699. The van der Waals surface area contributed by atoms with E-state index in [2.05, 4.69) is 10.6 Å². The van der Waals surface area contributed by atoms with Crippen LogP contribution in [0.25, 0.3) is 0 Å². The first kappa shape index (κ1) is 22.0. The molecule has 0 spiro atoms. The van der Waals surface area contributed by atoms with Crippen molar-refractivity contribution < 1.29 is 27.5 Å². The summed E-state index contributed by atoms with van der Waals surface area (Å²) < 4.78 is 35.5. The first-order valence-electron chi connectivity index (χ1n) is 8.45. The summed E-state index contributed by atoms with van der Waals surface area (Å²) in [6.45, 7) is 1.38. The lowest BCUT2D eigenvalue weighted by atomic mass is 10.1. The smallest absolute Gasteiger partial charge is 0.257 e. The van der Waals surface area contributed by atoms with Gasteiger partial charge in [-0.2, -0.15) is 0 Å². The molecule has 0 radical (unpaired) electrons. The standard InChI is InChI=1S/C19H23N3O6S/c1-12(23)20-13-7-6-8-14(9-13)21-19(24)15-10-17(27-3)18(28-4)11-16(15)22(2)29(5,25)26/h6-11H,1-5H3,(H,20,23)(H,21,24). The maximum atomic E-state index is 13.0. The number of hydrogen-bond acceptors (Lipinski definition) is 6. The number of carbonyl (C=O) groups is 2. The number of ether oxygens (including phenoxy) is 2. The highest BCUT2D eigenvalue weighted by Crippen LogP contribution is 2.36. The third-order valence-electron chi connectivity index (χ3n) is 4.02. The molecule has 0 unspecified atom stereocenters. The van der Waals surface area contributed by atoms with Crippen LogP contribution in [0.2, 0.25) is 0 Å². The van der Waals surface area contributed by atoms with Gasteiger partial charge in [0.2, 0.25) is 15.9 Å². The topological polar surface area (TPSA) is 114 Å². The predicted molar refractivity (Wildman–Crippen MR) is 111 cm³/mol. The number of hydrogen-bond donors (Lipinski definition) is 2. The number of benzene rings is 2. The molecule has 0 aliphatic heterocycles. The molecule has 156 valence electrons. The van der Waals surface area contributed by atoms with Gasteiger partial charge in [-0.25, -0.2) is 8.42 Å². The van der Waals surface area contributed by atoms with Crippen molar-refractivity contribution in [1.82, 2.24) is 0 Å². The van der Waals surface area contributed by atoms with E-state index < -0.39 is 15.9 Å². The van der Waals surface area contributed by atoms with Gasteiger partial charge in [0.1, 0.15) is 0 Å². The normalized spacial score (nSPS) is 10.8. The van der Waals surface area contributed by atoms with Gasteiger partial charge in [0.25, 0.3) is 5.91 Å². The van der Waals surface area contributed by atoms with Crippen LogP contribution in [0.1, 0.15) is 17.3 Å². The van der Waals surface area contributed by atoms with Gasteiger partial charge in [-0.1, -0.05) is 6.07 Å². The van der Waals surface area contributed by atoms with E-state index in [1.165, 1.54) is 40.3 Å². The van der Waals surface area contributed by atoms with Gasteiger partial charge in [-0.15, -0.1) is 0 Å². The summed E-state index contributed by atoms with van der Waals surface area (Å²) in [5.41, 5.74) is 1.13. The molecule has 0 atom stereocenters. The molecule has 0 fully saturated rings. The Hall–Kier alpha value is -3.27. The van der Waals surface area contributed by atoms with Crippen molar-refractivity contribution in [3.05, 3.63) is 42.0 Å². The first-order chi connectivity index (χ1) is 13.6. The number of amides is 2. The van der Waals surface area contributed by atoms with E-state index in [9.17, 15) is 18.0 Å². The summed E-state index contributed by atoms with van der Waals surface area (Å²) >= 11 is 0. The molecule has 9 nitrogen and oxygen atoms in total. The van der Waals surface area contributed by atoms with Gasteiger partial charge >= 0.3 is 0 Å². The van der Waals surface area contributed by atoms with Gasteiger partial charge in [-0.3, -0.25) is 13.9 Å². The minimum atomic E-state index is -3.64. The van der Waals surface area contributed by atoms with Crippen LogP contribution in [0, 0.1) is 0 Å². The molecule has 0 aromatic heterocycles. The van der Waals surface area contributed by atoms with Crippen molar-refractivity contribution in [1.29, 1.82) is 0 Å². The van der Waals surface area contributed by atoms with Crippen molar-refractivity contribution in [2.45, 2.75) is 6.92 Å². The molecular formula is C19H23N3O6S. The van der Waals surface area contributed by atoms with Gasteiger partial charge < -0.3 is 20.1 Å². The van der Waals surface area contributed by atoms with Crippen molar-refractivity contribution in [3.8, 4) is 11.5 Å². The summed E-state index contributed by atoms with van der Waals surface area (Å²) in [7, 11) is 0.523. The number of sulfonamides is 1. The molecule has 0 saturated carbocycles. The zero-order chi connectivity index (χ0) is 21.8. The Bertz CT molecular complexity index is 1040. The fourth-order valence-corrected chi connectivity index (χ4v) is 3.07. The SMILES string of the molecule is COc1cc(C(=O)Nc2cccc(NC(C)=O)c2)c(N(C)S(C)(=O)=O)cc1OC. The average Bonchev–Trinajstić information content (AvgIpc) is 2.65. The Morgan fingerprint density at radius 1 is 0.966 bits per heavy atom. The van der Waals surface area contributed by atoms with E-state index in [0.29, 0.717) is 11.4 Å². The Labute approximate surface area is 169 Å². The molecule has 0 heterocycles. The second-order valence-corrected chi connectivity index (χ2v) is 8.18. The van der Waals surface area contributed by atoms with Crippen LogP contribution in [-0.4, -0.2) is 47.8 Å². The maximum absolute atomic E-state index is 13.0. The van der Waals surface area contributed by atoms with Crippen molar-refractivity contribution >= 4 is 38.9 Å². The lowest BCUT2D eigenvalue weighted by molar-refractivity contribution is -0.114. The largest absolute Gasteiger partial charge is 0.493 e. The molecule has 2 N–H and O–H groups in total. The summed E-state index contributed by atoms with van der Waals surface area (Å²) in [4.78, 5) is 24.2. The Morgan fingerprint density at radius 2 is 1.52 bits per heavy atom. The fourth-order valence-electron chi connectivity index (χ4n) is 2.57. The van der Waals surface area contributed by atoms with Crippen molar-refractivity contribution in [3.63, 3.8) is 0 Å². The Balaban J connectivity index is 2.49. The molecule has 2 aromatic carbocycles. The fraction of sp³-hybridized carbons (Fsp3) is 0.263. The highest BCUT2D eigenvalue weighted by molar-refractivity contribution is 7.92. The van der Waals surface area contributed by atoms with Crippen LogP contribution in [0.15, 0.2) is 36.4 Å². The highest BCUT2D eigenvalue weighted by atomic mass is 32.2. The van der Waals surface area contributed by atoms with Gasteiger partial charge in [0.15, 0.2) is 11.5 Å². The van der Waals surface area contributed by atoms with Crippen molar-refractivity contribution in [2.24, 2.45) is 0 Å². The number of methoxy groups -OCH3 is 2. The lowest BCUT2D eigenvalue weighted by Crippen LogP contribution is -2.28. The molecule has 0 bridgehead atoms. The van der Waals surface area contributed by atoms with E-state index in [0.717, 1.165) is 10.6 Å². The van der Waals surface area contributed by atoms with E-state index in [4.69, 9.17) is 9.47 Å². The zero-order valence-electron chi connectivity index (χ0n) is 16.8. The molecule has 10 heteroatoms. The summed E-state index contributed by atoms with van der Waals surface area (Å²) in [6, 6.07) is 9.39. The molecule has 2 rings (SSSR count). The van der Waals surface area contributed by atoms with Crippen LogP contribution in [0.3, 0.4) is 0 Å². The van der Waals surface area contributed by atoms with E-state index >= 15 is 0 Å². The number of rotatable bonds is 7. The van der Waals surface area contributed by atoms with Gasteiger partial charge in [0, 0.05) is 31.4 Å². The summed E-state index contributed by atoms with van der Waals surface area (Å²) in [5.74, 6) is -0.251. The van der Waals surface area contributed by atoms with Crippen LogP contribution in [0.4, 0.5) is 17.1 Å². The molecule has 2 amide bonds. The average molecular weight is 421 g/mol. The van der Waals surface area contributed by atoms with E-state index in [1.54, 1.807) is 24.3 Å². The Morgan fingerprint density at radius 3 is 2.03 bits per heavy atom. The third-order valence-corrected chi connectivity index (χ3v) is 5.22. The van der Waals surface area contributed by atoms with E-state index in [1.807, 2.05) is 0 Å². The number of nitrogens with one attached hydrogen (secondary N) is 2. The predicted octanol–water partition coefficient (Wildman–Crippen LogP) is 2.31. The maximum Gasteiger partial charge on any atom is 0.257 e. The first-order valence-corrected chi connectivity index (χ1v) is 10.3. The highest BCUT2D eigenvalue weighted by Gasteiger charge is 2.23. The quantitative estimate of drug-likeness (QED) is 0.709. The van der Waals surface area contributed by atoms with Gasteiger partial charge in [0.05, 0.1) is 31.7 Å². The number of nitrogens with zero attached hydrogens (tertiary/aromatic N) is 1. The molecule has 2 aromatic rings. The molecule has 0 aliphatic carbocycles. The molecule has 0 aliphatic rings. The number of anilines is 3. The van der Waals surface area contributed by atoms with Crippen LogP contribution in [-0.2, 0) is 14.8 Å². The van der Waals surface area contributed by atoms with Crippen molar-refractivity contribution in [2.75, 3.05) is 42.5 Å². The van der Waals surface area contributed by atoms with Crippen LogP contribution < -0.4 is 24.4 Å². The lowest BCUT2D eigenvalue weighted by Gasteiger charge is -2.22. The van der Waals surface area contributed by atoms with Crippen LogP contribution in [0.5, 0.6) is 11.5 Å². The third kappa shape index (κ3) is 5.38. The second kappa shape index (κ2) is 8.82. The summed E-state index contributed by atoms with van der Waals surface area (Å²) in [6.07, 6.45) is 1.03. The van der Waals surface area contributed by atoms with Gasteiger partial charge in [-0.05, 0) is 24.3 Å². The second-order valence-electron chi connectivity index (χ2n) is 6.17. The number of carbonyl (C=O) groups excluding carboxylic acids is 2. The van der Waals surface area contributed by atoms with E-state index in [-0.39, 0.29) is 28.7 Å². The summed E-state index contributed by atoms with van der Waals surface area (Å²) in [5, 5.41) is 5.33. The monoisotopic (exact) mass is 421 g/mol. The molecular weight excluding hydrogens is 398 g/mol. The molecule has 0 saturated heterocycles. The van der Waals surface area contributed by atoms with Crippen LogP contribution >= 0.6 is 0 Å².